The fraction of sp³-hybridized carbons (Fsp3) is 0.529. The number of nitrogens with one attached hydrogen (secondary N) is 1. The zero-order chi connectivity index (χ0) is 16.5. The molecule has 0 aliphatic carbocycles. The Bertz CT molecular complexity index is 507. The highest BCUT2D eigenvalue weighted by molar-refractivity contribution is 5.69. The molecule has 1 saturated heterocycles. The van der Waals surface area contributed by atoms with Crippen LogP contribution < -0.4 is 5.32 Å². The van der Waals surface area contributed by atoms with Crippen LogP contribution in [0.2, 0.25) is 0 Å². The van der Waals surface area contributed by atoms with Crippen LogP contribution in [0, 0.1) is 0 Å². The Morgan fingerprint density at radius 1 is 1.30 bits per heavy atom. The molecule has 0 saturated carbocycles. The number of likely N-dealkylation sites (tertiary alicyclic amines) is 1. The number of esters is 1. The van der Waals surface area contributed by atoms with Gasteiger partial charge in [-0.2, -0.15) is 0 Å². The van der Waals surface area contributed by atoms with Gasteiger partial charge in [-0.1, -0.05) is 30.3 Å². The van der Waals surface area contributed by atoms with Crippen molar-refractivity contribution in [1.29, 1.82) is 0 Å². The molecule has 23 heavy (non-hydrogen) atoms. The third-order valence-corrected chi connectivity index (χ3v) is 3.87. The van der Waals surface area contributed by atoms with Crippen LogP contribution in [-0.2, 0) is 20.9 Å². The number of carbonyl (C=O) groups excluding carboxylic acids is 1. The molecule has 0 amide bonds. The first-order chi connectivity index (χ1) is 11.1. The average Bonchev–Trinajstić information content (AvgIpc) is 2.54. The van der Waals surface area contributed by atoms with Crippen LogP contribution in [0.15, 0.2) is 30.3 Å². The first-order valence-electron chi connectivity index (χ1n) is 8.00. The summed E-state index contributed by atoms with van der Waals surface area (Å²) in [6.45, 7) is 2.47. The smallest absolute Gasteiger partial charge is 0.317 e. The molecular formula is C17H24N2O4. The molecule has 0 spiro atoms. The Balaban J connectivity index is 1.60. The largest absolute Gasteiger partial charge is 0.480 e. The number of benzene rings is 1. The van der Waals surface area contributed by atoms with Crippen molar-refractivity contribution in [2.45, 2.75) is 31.9 Å². The molecule has 6 nitrogen and oxygen atoms in total. The van der Waals surface area contributed by atoms with E-state index in [1.807, 2.05) is 35.2 Å². The summed E-state index contributed by atoms with van der Waals surface area (Å²) in [5, 5.41) is 12.1. The second-order valence-corrected chi connectivity index (χ2v) is 5.82. The van der Waals surface area contributed by atoms with Gasteiger partial charge in [0.05, 0.1) is 13.0 Å². The lowest BCUT2D eigenvalue weighted by Gasteiger charge is -2.32. The van der Waals surface area contributed by atoms with Crippen molar-refractivity contribution in [2.24, 2.45) is 0 Å². The molecule has 126 valence electrons. The molecule has 6 heteroatoms. The summed E-state index contributed by atoms with van der Waals surface area (Å²) in [6.07, 6.45) is 2.31. The van der Waals surface area contributed by atoms with E-state index in [4.69, 9.17) is 9.84 Å². The van der Waals surface area contributed by atoms with Gasteiger partial charge in [-0.05, 0) is 24.9 Å². The predicted molar refractivity (Wildman–Crippen MR) is 86.0 cm³/mol. The third kappa shape index (κ3) is 6.80. The van der Waals surface area contributed by atoms with Crippen molar-refractivity contribution < 1.29 is 19.4 Å². The maximum absolute atomic E-state index is 11.7. The minimum Gasteiger partial charge on any atom is -0.480 e. The van der Waals surface area contributed by atoms with Crippen LogP contribution >= 0.6 is 0 Å². The predicted octanol–water partition coefficient (Wildman–Crippen LogP) is 1.26. The van der Waals surface area contributed by atoms with E-state index in [0.29, 0.717) is 26.1 Å². The summed E-state index contributed by atoms with van der Waals surface area (Å²) >= 11 is 0. The molecule has 2 rings (SSSR count). The van der Waals surface area contributed by atoms with Gasteiger partial charge in [0, 0.05) is 19.1 Å². The van der Waals surface area contributed by atoms with Gasteiger partial charge >= 0.3 is 11.9 Å². The number of carboxylic acids is 1. The van der Waals surface area contributed by atoms with Crippen LogP contribution in [0.5, 0.6) is 0 Å². The second-order valence-electron chi connectivity index (χ2n) is 5.82. The number of carboxylic acid groups (broad SMARTS) is 1. The molecular weight excluding hydrogens is 296 g/mol. The molecule has 1 aliphatic heterocycles. The van der Waals surface area contributed by atoms with Crippen LogP contribution in [0.25, 0.3) is 0 Å². The van der Waals surface area contributed by atoms with Gasteiger partial charge in [0.15, 0.2) is 0 Å². The van der Waals surface area contributed by atoms with Crippen LogP contribution in [0.3, 0.4) is 0 Å². The lowest BCUT2D eigenvalue weighted by atomic mass is 10.1. The van der Waals surface area contributed by atoms with Crippen molar-refractivity contribution in [3.8, 4) is 0 Å². The lowest BCUT2D eigenvalue weighted by molar-refractivity contribution is -0.144. The van der Waals surface area contributed by atoms with E-state index in [-0.39, 0.29) is 18.6 Å². The van der Waals surface area contributed by atoms with Crippen molar-refractivity contribution in [2.75, 3.05) is 26.2 Å². The summed E-state index contributed by atoms with van der Waals surface area (Å²) in [7, 11) is 0. The van der Waals surface area contributed by atoms with E-state index in [9.17, 15) is 9.59 Å². The van der Waals surface area contributed by atoms with E-state index in [0.717, 1.165) is 24.9 Å². The van der Waals surface area contributed by atoms with Crippen molar-refractivity contribution in [3.05, 3.63) is 35.9 Å². The maximum atomic E-state index is 11.7. The highest BCUT2D eigenvalue weighted by Gasteiger charge is 2.21. The molecule has 1 aromatic carbocycles. The van der Waals surface area contributed by atoms with E-state index < -0.39 is 5.97 Å². The Kier molecular flexibility index (Phi) is 7.03. The molecule has 0 bridgehead atoms. The SMILES string of the molecule is O=C(O)CN1CCCC(NCCC(=O)OCc2ccccc2)C1. The van der Waals surface area contributed by atoms with Gasteiger partial charge in [-0.25, -0.2) is 0 Å². The van der Waals surface area contributed by atoms with E-state index in [1.54, 1.807) is 0 Å². The van der Waals surface area contributed by atoms with Gasteiger partial charge in [-0.3, -0.25) is 14.5 Å². The first kappa shape index (κ1) is 17.4. The molecule has 1 fully saturated rings. The average molecular weight is 320 g/mol. The monoisotopic (exact) mass is 320 g/mol. The first-order valence-corrected chi connectivity index (χ1v) is 8.00. The number of rotatable bonds is 8. The number of carbonyl (C=O) groups is 2. The zero-order valence-electron chi connectivity index (χ0n) is 13.2. The summed E-state index contributed by atoms with van der Waals surface area (Å²) < 4.78 is 5.22. The van der Waals surface area contributed by atoms with Crippen LogP contribution in [-0.4, -0.2) is 54.2 Å². The third-order valence-electron chi connectivity index (χ3n) is 3.87. The van der Waals surface area contributed by atoms with Crippen molar-refractivity contribution in [3.63, 3.8) is 0 Å². The van der Waals surface area contributed by atoms with Gasteiger partial charge in [0.1, 0.15) is 6.61 Å². The van der Waals surface area contributed by atoms with Gasteiger partial charge in [0.2, 0.25) is 0 Å². The summed E-state index contributed by atoms with van der Waals surface area (Å²) in [5.41, 5.74) is 0.977. The molecule has 1 aliphatic rings. The Hall–Kier alpha value is -1.92. The van der Waals surface area contributed by atoms with Crippen LogP contribution in [0.4, 0.5) is 0 Å². The van der Waals surface area contributed by atoms with Crippen molar-refractivity contribution in [1.82, 2.24) is 10.2 Å². The Morgan fingerprint density at radius 2 is 2.09 bits per heavy atom. The summed E-state index contributed by atoms with van der Waals surface area (Å²) in [4.78, 5) is 24.4. The zero-order valence-corrected chi connectivity index (χ0v) is 13.2. The van der Waals surface area contributed by atoms with E-state index in [1.165, 1.54) is 0 Å². The summed E-state index contributed by atoms with van der Waals surface area (Å²) in [5.74, 6) is -1.02. The Morgan fingerprint density at radius 3 is 2.83 bits per heavy atom. The normalized spacial score (nSPS) is 18.5. The molecule has 1 unspecified atom stereocenters. The minimum absolute atomic E-state index is 0.0807. The fourth-order valence-electron chi connectivity index (χ4n) is 2.75. The van der Waals surface area contributed by atoms with E-state index in [2.05, 4.69) is 5.32 Å². The lowest BCUT2D eigenvalue weighted by Crippen LogP contribution is -2.47. The van der Waals surface area contributed by atoms with Crippen molar-refractivity contribution >= 4 is 11.9 Å². The van der Waals surface area contributed by atoms with Gasteiger partial charge < -0.3 is 15.2 Å². The fourth-order valence-corrected chi connectivity index (χ4v) is 2.75. The van der Waals surface area contributed by atoms with Gasteiger partial charge in [0.25, 0.3) is 0 Å². The van der Waals surface area contributed by atoms with E-state index >= 15 is 0 Å². The number of ether oxygens (including phenoxy) is 1. The second kappa shape index (κ2) is 9.27. The quantitative estimate of drug-likeness (QED) is 0.702. The molecule has 2 N–H and O–H groups in total. The highest BCUT2D eigenvalue weighted by Crippen LogP contribution is 2.09. The summed E-state index contributed by atoms with van der Waals surface area (Å²) in [6, 6.07) is 9.83. The molecule has 1 heterocycles. The number of hydrogen-bond donors (Lipinski definition) is 2. The number of piperidine rings is 1. The minimum atomic E-state index is -0.796. The number of nitrogens with zero attached hydrogens (tertiary/aromatic N) is 1. The topological polar surface area (TPSA) is 78.9 Å². The number of aliphatic carboxylic acids is 1. The highest BCUT2D eigenvalue weighted by atomic mass is 16.5. The van der Waals surface area contributed by atoms with Gasteiger partial charge in [-0.15, -0.1) is 0 Å². The molecule has 1 aromatic rings. The molecule has 1 atom stereocenters. The maximum Gasteiger partial charge on any atom is 0.317 e. The van der Waals surface area contributed by atoms with Crippen LogP contribution in [0.1, 0.15) is 24.8 Å². The standard InChI is InChI=1S/C17H24N2O4/c20-16(21)12-19-10-4-7-15(11-19)18-9-8-17(22)23-13-14-5-2-1-3-6-14/h1-3,5-6,15,18H,4,7-13H2,(H,20,21). The molecule has 0 aromatic heterocycles. The molecule has 0 radical (unpaired) electrons. The number of hydrogen-bond acceptors (Lipinski definition) is 5. The Labute approximate surface area is 136 Å².